The lowest BCUT2D eigenvalue weighted by molar-refractivity contribution is -0.124. The molecule has 0 saturated heterocycles. The summed E-state index contributed by atoms with van der Waals surface area (Å²) in [6.45, 7) is 2.91. The van der Waals surface area contributed by atoms with Crippen molar-refractivity contribution in [1.82, 2.24) is 15.6 Å². The highest BCUT2D eigenvalue weighted by molar-refractivity contribution is 8.00. The monoisotopic (exact) mass is 403 g/mol. The van der Waals surface area contributed by atoms with Gasteiger partial charge in [-0.25, -0.2) is 4.98 Å². The average molecular weight is 404 g/mol. The van der Waals surface area contributed by atoms with Crippen LogP contribution in [-0.4, -0.2) is 29.9 Å². The highest BCUT2D eigenvalue weighted by Gasteiger charge is 2.21. The molecular formula is C20H25N3O2S2. The predicted octanol–water partition coefficient (Wildman–Crippen LogP) is 3.78. The van der Waals surface area contributed by atoms with E-state index < -0.39 is 0 Å². The van der Waals surface area contributed by atoms with E-state index in [9.17, 15) is 9.59 Å². The second-order valence-corrected chi connectivity index (χ2v) is 8.85. The summed E-state index contributed by atoms with van der Waals surface area (Å²) in [4.78, 5) is 28.6. The van der Waals surface area contributed by atoms with Gasteiger partial charge in [-0.05, 0) is 37.5 Å². The summed E-state index contributed by atoms with van der Waals surface area (Å²) in [5.74, 6) is 1.01. The van der Waals surface area contributed by atoms with E-state index in [0.717, 1.165) is 47.0 Å². The number of rotatable bonds is 8. The number of benzene rings is 1. The number of amides is 2. The Balaban J connectivity index is 1.37. The molecule has 2 aromatic rings. The van der Waals surface area contributed by atoms with Crippen LogP contribution in [0.5, 0.6) is 0 Å². The molecule has 0 radical (unpaired) electrons. The summed E-state index contributed by atoms with van der Waals surface area (Å²) in [5.41, 5.74) is 2.85. The van der Waals surface area contributed by atoms with E-state index in [1.807, 2.05) is 36.6 Å². The number of thiazole rings is 1. The van der Waals surface area contributed by atoms with Gasteiger partial charge in [-0.1, -0.05) is 36.7 Å². The van der Waals surface area contributed by atoms with Gasteiger partial charge in [0.2, 0.25) is 5.91 Å². The second kappa shape index (κ2) is 9.90. The molecule has 2 N–H and O–H groups in total. The molecule has 3 rings (SSSR count). The third-order valence-electron chi connectivity index (χ3n) is 4.61. The van der Waals surface area contributed by atoms with Crippen LogP contribution in [0, 0.1) is 12.8 Å². The number of nitrogens with zero attached hydrogens (tertiary/aromatic N) is 1. The topological polar surface area (TPSA) is 71.1 Å². The minimum absolute atomic E-state index is 0.111. The van der Waals surface area contributed by atoms with Gasteiger partial charge in [0.05, 0.1) is 0 Å². The SMILES string of the molecule is Cc1csc(SCc2ccc(C(=O)NCCNC(=O)C3CCCC3)cc2)n1. The number of carbonyl (C=O) groups excluding carboxylic acids is 2. The molecule has 0 bridgehead atoms. The summed E-state index contributed by atoms with van der Waals surface area (Å²) in [5, 5.41) is 7.82. The Hall–Kier alpha value is -1.86. The molecule has 1 aromatic carbocycles. The van der Waals surface area contributed by atoms with Crippen molar-refractivity contribution in [2.75, 3.05) is 13.1 Å². The molecule has 1 aliphatic carbocycles. The Morgan fingerprint density at radius 2 is 1.85 bits per heavy atom. The van der Waals surface area contributed by atoms with Crippen LogP contribution in [0.1, 0.15) is 47.3 Å². The molecule has 144 valence electrons. The molecule has 1 heterocycles. The number of aryl methyl sites for hydroxylation is 1. The Morgan fingerprint density at radius 3 is 2.52 bits per heavy atom. The first-order valence-electron chi connectivity index (χ1n) is 9.31. The fraction of sp³-hybridized carbons (Fsp3) is 0.450. The lowest BCUT2D eigenvalue weighted by Crippen LogP contribution is -2.37. The Morgan fingerprint density at radius 1 is 1.15 bits per heavy atom. The molecule has 0 atom stereocenters. The summed E-state index contributed by atoms with van der Waals surface area (Å²) in [6.07, 6.45) is 4.27. The molecule has 1 fully saturated rings. The highest BCUT2D eigenvalue weighted by atomic mass is 32.2. The summed E-state index contributed by atoms with van der Waals surface area (Å²) in [6, 6.07) is 7.64. The van der Waals surface area contributed by atoms with E-state index >= 15 is 0 Å². The maximum absolute atomic E-state index is 12.2. The van der Waals surface area contributed by atoms with Crippen LogP contribution in [0.15, 0.2) is 34.0 Å². The molecule has 27 heavy (non-hydrogen) atoms. The van der Waals surface area contributed by atoms with Gasteiger partial charge >= 0.3 is 0 Å². The zero-order chi connectivity index (χ0) is 19.1. The maximum atomic E-state index is 12.2. The first-order chi connectivity index (χ1) is 13.1. The van der Waals surface area contributed by atoms with Gasteiger partial charge < -0.3 is 10.6 Å². The van der Waals surface area contributed by atoms with Crippen molar-refractivity contribution < 1.29 is 9.59 Å². The van der Waals surface area contributed by atoms with Crippen molar-refractivity contribution in [3.8, 4) is 0 Å². The van der Waals surface area contributed by atoms with E-state index in [0.29, 0.717) is 18.7 Å². The van der Waals surface area contributed by atoms with Crippen LogP contribution in [0.3, 0.4) is 0 Å². The van der Waals surface area contributed by atoms with Crippen LogP contribution in [-0.2, 0) is 10.5 Å². The third kappa shape index (κ3) is 6.07. The van der Waals surface area contributed by atoms with Crippen molar-refractivity contribution in [3.63, 3.8) is 0 Å². The zero-order valence-electron chi connectivity index (χ0n) is 15.5. The van der Waals surface area contributed by atoms with Gasteiger partial charge in [-0.2, -0.15) is 0 Å². The number of nitrogens with one attached hydrogen (secondary N) is 2. The largest absolute Gasteiger partial charge is 0.354 e. The van der Waals surface area contributed by atoms with Crippen molar-refractivity contribution in [3.05, 3.63) is 46.5 Å². The standard InChI is InChI=1S/C20H25N3O2S2/c1-14-12-26-20(23-14)27-13-15-6-8-17(9-7-15)19(25)22-11-10-21-18(24)16-4-2-3-5-16/h6-9,12,16H,2-5,10-11,13H2,1H3,(H,21,24)(H,22,25). The maximum Gasteiger partial charge on any atom is 0.251 e. The quantitative estimate of drug-likeness (QED) is 0.520. The number of carbonyl (C=O) groups is 2. The lowest BCUT2D eigenvalue weighted by atomic mass is 10.1. The van der Waals surface area contributed by atoms with E-state index in [-0.39, 0.29) is 17.7 Å². The van der Waals surface area contributed by atoms with Gasteiger partial charge in [-0.15, -0.1) is 11.3 Å². The average Bonchev–Trinajstić information content (AvgIpc) is 3.35. The molecule has 0 spiro atoms. The Labute approximate surface area is 168 Å². The molecule has 5 nitrogen and oxygen atoms in total. The molecule has 1 saturated carbocycles. The molecule has 7 heteroatoms. The van der Waals surface area contributed by atoms with Gasteiger partial charge in [0, 0.05) is 41.4 Å². The summed E-state index contributed by atoms with van der Waals surface area (Å²) in [7, 11) is 0. The summed E-state index contributed by atoms with van der Waals surface area (Å²) < 4.78 is 1.06. The second-order valence-electron chi connectivity index (χ2n) is 6.77. The number of thioether (sulfide) groups is 1. The van der Waals surface area contributed by atoms with Crippen molar-refractivity contribution >= 4 is 34.9 Å². The molecule has 1 aromatic heterocycles. The molecule has 0 unspecified atom stereocenters. The molecule has 0 aliphatic heterocycles. The first-order valence-corrected chi connectivity index (χ1v) is 11.2. The van der Waals surface area contributed by atoms with E-state index in [1.165, 1.54) is 0 Å². The van der Waals surface area contributed by atoms with Gasteiger partial charge in [-0.3, -0.25) is 9.59 Å². The minimum Gasteiger partial charge on any atom is -0.354 e. The van der Waals surface area contributed by atoms with Crippen LogP contribution >= 0.6 is 23.1 Å². The number of hydrogen-bond acceptors (Lipinski definition) is 5. The van der Waals surface area contributed by atoms with E-state index in [1.54, 1.807) is 23.1 Å². The minimum atomic E-state index is -0.111. The van der Waals surface area contributed by atoms with Crippen molar-refractivity contribution in [1.29, 1.82) is 0 Å². The fourth-order valence-corrected chi connectivity index (χ4v) is 4.90. The van der Waals surface area contributed by atoms with E-state index in [4.69, 9.17) is 0 Å². The number of hydrogen-bond donors (Lipinski definition) is 2. The van der Waals surface area contributed by atoms with Crippen molar-refractivity contribution in [2.24, 2.45) is 5.92 Å². The fourth-order valence-electron chi connectivity index (χ4n) is 3.09. The molecule has 1 aliphatic rings. The molecule has 2 amide bonds. The smallest absolute Gasteiger partial charge is 0.251 e. The first kappa shape index (κ1) is 19.9. The third-order valence-corrected chi connectivity index (χ3v) is 6.82. The van der Waals surface area contributed by atoms with Crippen LogP contribution in [0.4, 0.5) is 0 Å². The number of aromatic nitrogens is 1. The Kier molecular flexibility index (Phi) is 7.29. The summed E-state index contributed by atoms with van der Waals surface area (Å²) >= 11 is 3.36. The van der Waals surface area contributed by atoms with Crippen LogP contribution in [0.2, 0.25) is 0 Å². The van der Waals surface area contributed by atoms with E-state index in [2.05, 4.69) is 15.6 Å². The molecular weight excluding hydrogens is 378 g/mol. The Bertz CT molecular complexity index is 768. The van der Waals surface area contributed by atoms with Crippen LogP contribution in [0.25, 0.3) is 0 Å². The lowest BCUT2D eigenvalue weighted by Gasteiger charge is -2.11. The van der Waals surface area contributed by atoms with Gasteiger partial charge in [0.1, 0.15) is 4.34 Å². The highest BCUT2D eigenvalue weighted by Crippen LogP contribution is 2.26. The predicted molar refractivity (Wildman–Crippen MR) is 110 cm³/mol. The van der Waals surface area contributed by atoms with Gasteiger partial charge in [0.25, 0.3) is 5.91 Å². The normalized spacial score (nSPS) is 14.3. The van der Waals surface area contributed by atoms with Crippen molar-refractivity contribution in [2.45, 2.75) is 42.7 Å². The van der Waals surface area contributed by atoms with Crippen LogP contribution < -0.4 is 10.6 Å². The zero-order valence-corrected chi connectivity index (χ0v) is 17.1. The van der Waals surface area contributed by atoms with Gasteiger partial charge in [0.15, 0.2) is 0 Å².